The fraction of sp³-hybridized carbons (Fsp3) is 0.441. The number of nitrogens with two attached hydrogens (primary N) is 1. The fourth-order valence-electron chi connectivity index (χ4n) is 8.38. The lowest BCUT2D eigenvalue weighted by Gasteiger charge is -2.50. The number of aliphatic hydroxyl groups is 3. The molecule has 0 aliphatic heterocycles. The highest BCUT2D eigenvalue weighted by atomic mass is 19.4. The van der Waals surface area contributed by atoms with E-state index < -0.39 is 98.7 Å². The van der Waals surface area contributed by atoms with E-state index in [0.29, 0.717) is 19.4 Å². The first-order chi connectivity index (χ1) is 22.0. The molecule has 0 saturated heterocycles. The topological polar surface area (TPSA) is 165 Å². The third-order valence-corrected chi connectivity index (χ3v) is 10.4. The zero-order valence-electron chi connectivity index (χ0n) is 26.1. The molecular formula is C34H36F3N3O7. The van der Waals surface area contributed by atoms with Gasteiger partial charge < -0.3 is 26.2 Å². The minimum Gasteiger partial charge on any atom is -0.510 e. The first-order valence-electron chi connectivity index (χ1n) is 15.4. The molecule has 6 rings (SSSR count). The number of benzene rings is 2. The van der Waals surface area contributed by atoms with Gasteiger partial charge in [0.05, 0.1) is 17.2 Å². The van der Waals surface area contributed by atoms with Crippen molar-refractivity contribution in [1.82, 2.24) is 9.80 Å². The molecule has 4 aliphatic rings. The van der Waals surface area contributed by atoms with Crippen LogP contribution in [0.25, 0.3) is 0 Å². The molecule has 13 heteroatoms. The maximum absolute atomic E-state index is 15.0. The number of phenolic OH excluding ortho intramolecular Hbond substituents is 1. The van der Waals surface area contributed by atoms with E-state index in [0.717, 1.165) is 17.2 Å². The molecule has 0 radical (unpaired) electrons. The van der Waals surface area contributed by atoms with E-state index in [4.69, 9.17) is 5.73 Å². The number of rotatable bonds is 6. The zero-order valence-corrected chi connectivity index (χ0v) is 26.1. The molecule has 10 nitrogen and oxygen atoms in total. The van der Waals surface area contributed by atoms with Crippen LogP contribution in [0.5, 0.6) is 5.75 Å². The van der Waals surface area contributed by atoms with Crippen LogP contribution in [0.1, 0.15) is 51.5 Å². The molecule has 1 amide bonds. The smallest absolute Gasteiger partial charge is 0.417 e. The molecule has 2 aromatic rings. The number of likely N-dealkylation sites (N-methyl/N-ethyl adjacent to an activating group) is 2. The van der Waals surface area contributed by atoms with Gasteiger partial charge in [-0.2, -0.15) is 13.2 Å². The number of primary amides is 1. The number of aliphatic hydroxyl groups excluding tert-OH is 2. The molecule has 0 unspecified atom stereocenters. The van der Waals surface area contributed by atoms with Crippen LogP contribution in [-0.2, 0) is 41.6 Å². The van der Waals surface area contributed by atoms with E-state index >= 15 is 13.2 Å². The molecule has 0 heterocycles. The van der Waals surface area contributed by atoms with Crippen molar-refractivity contribution in [3.05, 3.63) is 86.4 Å². The summed E-state index contributed by atoms with van der Waals surface area (Å²) in [6, 6.07) is 7.44. The minimum atomic E-state index is -4.92. The van der Waals surface area contributed by atoms with Crippen LogP contribution in [0.2, 0.25) is 0 Å². The quantitative estimate of drug-likeness (QED) is 0.294. The van der Waals surface area contributed by atoms with Gasteiger partial charge in [0, 0.05) is 24.1 Å². The number of ketones is 2. The second-order valence-corrected chi connectivity index (χ2v) is 13.1. The van der Waals surface area contributed by atoms with E-state index in [2.05, 4.69) is 0 Å². The van der Waals surface area contributed by atoms with Gasteiger partial charge in [-0.25, -0.2) is 0 Å². The molecule has 250 valence electrons. The van der Waals surface area contributed by atoms with Crippen LogP contribution in [0.4, 0.5) is 13.2 Å². The van der Waals surface area contributed by atoms with Crippen LogP contribution >= 0.6 is 0 Å². The highest BCUT2D eigenvalue weighted by Crippen LogP contribution is 2.54. The summed E-state index contributed by atoms with van der Waals surface area (Å²) in [5, 5.41) is 45.2. The van der Waals surface area contributed by atoms with Crippen LogP contribution in [-0.4, -0.2) is 86.0 Å². The molecular weight excluding hydrogens is 619 g/mol. The predicted molar refractivity (Wildman–Crippen MR) is 162 cm³/mol. The van der Waals surface area contributed by atoms with E-state index in [9.17, 15) is 34.8 Å². The summed E-state index contributed by atoms with van der Waals surface area (Å²) in [7, 11) is 2.95. The van der Waals surface area contributed by atoms with E-state index in [1.54, 1.807) is 0 Å². The Labute approximate surface area is 268 Å². The summed E-state index contributed by atoms with van der Waals surface area (Å²) in [5.74, 6) is -9.03. The number of allylic oxidation sites excluding steroid dienone is 1. The number of halogens is 3. The first-order valence-corrected chi connectivity index (χ1v) is 15.4. The average Bonchev–Trinajstić information content (AvgIpc) is 3.40. The Bertz CT molecular complexity index is 1760. The van der Waals surface area contributed by atoms with Gasteiger partial charge in [-0.05, 0) is 80.6 Å². The van der Waals surface area contributed by atoms with Crippen LogP contribution in [0, 0.1) is 11.8 Å². The fourth-order valence-corrected chi connectivity index (χ4v) is 8.38. The van der Waals surface area contributed by atoms with Gasteiger partial charge in [0.2, 0.25) is 5.78 Å². The Morgan fingerprint density at radius 1 is 1.06 bits per heavy atom. The summed E-state index contributed by atoms with van der Waals surface area (Å²) in [6.07, 6.45) is -4.37. The Balaban J connectivity index is 1.46. The highest BCUT2D eigenvalue weighted by Gasteiger charge is 2.63. The second-order valence-electron chi connectivity index (χ2n) is 13.1. The lowest BCUT2D eigenvalue weighted by atomic mass is 9.58. The van der Waals surface area contributed by atoms with Crippen LogP contribution in [0.15, 0.2) is 53.0 Å². The average molecular weight is 656 g/mol. The van der Waals surface area contributed by atoms with Crippen molar-refractivity contribution in [3.63, 3.8) is 0 Å². The number of hydrogen-bond acceptors (Lipinski definition) is 9. The van der Waals surface area contributed by atoms with Crippen molar-refractivity contribution in [3.8, 4) is 5.75 Å². The van der Waals surface area contributed by atoms with Crippen molar-refractivity contribution in [2.24, 2.45) is 17.6 Å². The number of Topliss-reactive ketones (excluding diaryl/α,β-unsaturated/α-hetero) is 2. The number of nitrogens with zero attached hydrogens (tertiary/aromatic N) is 2. The number of phenols is 1. The van der Waals surface area contributed by atoms with Crippen molar-refractivity contribution in [2.45, 2.75) is 63.0 Å². The van der Waals surface area contributed by atoms with Gasteiger partial charge in [0.1, 0.15) is 22.8 Å². The summed E-state index contributed by atoms with van der Waals surface area (Å²) < 4.78 is 45.0. The molecule has 0 spiro atoms. The van der Waals surface area contributed by atoms with Crippen molar-refractivity contribution >= 4 is 17.5 Å². The first kappa shape index (κ1) is 32.7. The van der Waals surface area contributed by atoms with Gasteiger partial charge in [0.25, 0.3) is 5.91 Å². The van der Waals surface area contributed by atoms with Crippen molar-refractivity contribution in [1.29, 1.82) is 0 Å². The zero-order chi connectivity index (χ0) is 34.3. The molecule has 47 heavy (non-hydrogen) atoms. The molecule has 4 aliphatic carbocycles. The minimum absolute atomic E-state index is 0.0707. The SMILES string of the molecule is CCN(Cc1cc(O)c2c(c1C(F)(F)F)C[C@H]1C[C@H]3[C@H](N(C)C)C(O)=C(C(N)=O)C(=O)[C@@]3(O)C(O)=C1C2=O)C1Cc2ccccc2C1. The third kappa shape index (κ3) is 4.85. The lowest BCUT2D eigenvalue weighted by Crippen LogP contribution is -2.63. The number of hydrogen-bond donors (Lipinski definition) is 5. The molecule has 0 aromatic heterocycles. The molecule has 6 N–H and O–H groups in total. The van der Waals surface area contributed by atoms with E-state index in [1.807, 2.05) is 36.1 Å². The van der Waals surface area contributed by atoms with Gasteiger partial charge in [-0.3, -0.25) is 24.2 Å². The summed E-state index contributed by atoms with van der Waals surface area (Å²) in [6.45, 7) is 2.13. The van der Waals surface area contributed by atoms with E-state index in [1.165, 1.54) is 19.0 Å². The Kier molecular flexibility index (Phi) is 7.80. The van der Waals surface area contributed by atoms with Gasteiger partial charge >= 0.3 is 6.18 Å². The van der Waals surface area contributed by atoms with Crippen molar-refractivity contribution < 1.29 is 48.0 Å². The number of alkyl halides is 3. The molecule has 0 fully saturated rings. The van der Waals surface area contributed by atoms with Crippen LogP contribution in [0.3, 0.4) is 0 Å². The Morgan fingerprint density at radius 2 is 1.68 bits per heavy atom. The number of amides is 1. The van der Waals surface area contributed by atoms with Crippen molar-refractivity contribution in [2.75, 3.05) is 20.6 Å². The maximum atomic E-state index is 15.0. The highest BCUT2D eigenvalue weighted by molar-refractivity contribution is 6.24. The van der Waals surface area contributed by atoms with Gasteiger partial charge in [-0.15, -0.1) is 0 Å². The van der Waals surface area contributed by atoms with Gasteiger partial charge in [0.15, 0.2) is 11.4 Å². The Hall–Kier alpha value is -4.20. The number of carbonyl (C=O) groups excluding carboxylic acids is 3. The number of fused-ring (bicyclic) bond motifs is 4. The molecule has 4 atom stereocenters. The molecule has 0 saturated carbocycles. The monoisotopic (exact) mass is 655 g/mol. The largest absolute Gasteiger partial charge is 0.510 e. The summed E-state index contributed by atoms with van der Waals surface area (Å²) >= 11 is 0. The number of carbonyl (C=O) groups is 3. The number of aromatic hydroxyl groups is 1. The summed E-state index contributed by atoms with van der Waals surface area (Å²) in [4.78, 5) is 42.9. The molecule has 0 bridgehead atoms. The van der Waals surface area contributed by atoms with Gasteiger partial charge in [-0.1, -0.05) is 31.2 Å². The normalized spacial score (nSPS) is 26.1. The Morgan fingerprint density at radius 3 is 2.21 bits per heavy atom. The second kappa shape index (κ2) is 11.2. The standard InChI is InChI=1S/C34H36F3N3O7/c1-4-40(19-9-15-7-5-6-8-16(15)10-19)14-18-13-22(41)24-20(26(18)34(35,36)37)11-17-12-21-27(39(2)3)29(43)25(32(38)46)31(45)33(21,47)30(44)23(17)28(24)42/h5-8,13,17,19,21,27,41,43-44,47H,4,9-12,14H2,1-3H3,(H2,38,46)/t17-,21-,27-,33-/m0/s1. The third-order valence-electron chi connectivity index (χ3n) is 10.4. The predicted octanol–water partition coefficient (Wildman–Crippen LogP) is 3.13. The van der Waals surface area contributed by atoms with Crippen LogP contribution < -0.4 is 5.73 Å². The lowest BCUT2D eigenvalue weighted by molar-refractivity contribution is -0.148. The van der Waals surface area contributed by atoms with E-state index in [-0.39, 0.29) is 24.6 Å². The summed E-state index contributed by atoms with van der Waals surface area (Å²) in [5.41, 5.74) is 0.892. The maximum Gasteiger partial charge on any atom is 0.417 e. The molecule has 2 aromatic carbocycles.